The number of hydrogen-bond acceptors (Lipinski definition) is 5. The molecule has 0 amide bonds. The average molecular weight is 436 g/mol. The lowest BCUT2D eigenvalue weighted by atomic mass is 10.2. The number of benzene rings is 1. The van der Waals surface area contributed by atoms with Crippen LogP contribution in [0.15, 0.2) is 53.7 Å². The van der Waals surface area contributed by atoms with Gasteiger partial charge in [-0.25, -0.2) is 18.5 Å². The van der Waals surface area contributed by atoms with Crippen LogP contribution in [0.3, 0.4) is 0 Å². The lowest BCUT2D eigenvalue weighted by molar-refractivity contribution is -0.137. The normalized spacial score (nSPS) is 11.6. The predicted octanol–water partition coefficient (Wildman–Crippen LogP) is 2.46. The highest BCUT2D eigenvalue weighted by Gasteiger charge is 2.30. The second kappa shape index (κ2) is 8.17. The minimum Gasteiger partial charge on any atom is -0.471 e. The third-order valence-electron chi connectivity index (χ3n) is 4.01. The van der Waals surface area contributed by atoms with Crippen molar-refractivity contribution in [1.82, 2.24) is 14.8 Å². The Kier molecular flexibility index (Phi) is 5.82. The van der Waals surface area contributed by atoms with Gasteiger partial charge in [0.05, 0.1) is 27.9 Å². The van der Waals surface area contributed by atoms with E-state index in [-0.39, 0.29) is 17.4 Å². The van der Waals surface area contributed by atoms with Crippen molar-refractivity contribution in [2.24, 2.45) is 12.2 Å². The van der Waals surface area contributed by atoms with Crippen molar-refractivity contribution in [2.75, 3.05) is 0 Å². The zero-order valence-corrected chi connectivity index (χ0v) is 16.3. The number of ether oxygens (including phenoxy) is 1. The molecule has 11 heteroatoms. The number of pyridine rings is 1. The van der Waals surface area contributed by atoms with E-state index in [0.29, 0.717) is 23.0 Å². The number of aryl methyl sites for hydroxylation is 1. The van der Waals surface area contributed by atoms with E-state index in [4.69, 9.17) is 9.88 Å². The molecule has 156 valence electrons. The van der Waals surface area contributed by atoms with Gasteiger partial charge in [-0.1, -0.05) is 11.8 Å². The minimum absolute atomic E-state index is 0.0107. The molecule has 0 aliphatic heterocycles. The fourth-order valence-electron chi connectivity index (χ4n) is 2.38. The molecule has 0 aliphatic rings. The SMILES string of the molecule is Cn1ncc(C#Cc2ccc(S(N)(=O)=O)cc2)c1COc1ccc(C(F)(F)F)cn1. The van der Waals surface area contributed by atoms with Crippen molar-refractivity contribution < 1.29 is 26.3 Å². The highest BCUT2D eigenvalue weighted by atomic mass is 32.2. The second-order valence-electron chi connectivity index (χ2n) is 6.12. The quantitative estimate of drug-likeness (QED) is 0.634. The van der Waals surface area contributed by atoms with Crippen molar-refractivity contribution in [3.05, 3.63) is 71.2 Å². The Morgan fingerprint density at radius 2 is 1.80 bits per heavy atom. The number of alkyl halides is 3. The van der Waals surface area contributed by atoms with Crippen LogP contribution in [0.1, 0.15) is 22.4 Å². The summed E-state index contributed by atoms with van der Waals surface area (Å²) in [6.45, 7) is -0.0107. The maximum absolute atomic E-state index is 12.6. The highest BCUT2D eigenvalue weighted by Crippen LogP contribution is 2.29. The summed E-state index contributed by atoms with van der Waals surface area (Å²) in [5, 5.41) is 9.16. The summed E-state index contributed by atoms with van der Waals surface area (Å²) in [5.41, 5.74) is 0.822. The van der Waals surface area contributed by atoms with E-state index >= 15 is 0 Å². The molecule has 2 N–H and O–H groups in total. The molecule has 0 saturated heterocycles. The molecule has 2 aromatic heterocycles. The van der Waals surface area contributed by atoms with Crippen LogP contribution < -0.4 is 9.88 Å². The maximum atomic E-state index is 12.6. The van der Waals surface area contributed by atoms with Crippen molar-refractivity contribution >= 4 is 10.0 Å². The number of hydrogen-bond donors (Lipinski definition) is 1. The molecule has 0 saturated carbocycles. The molecule has 2 heterocycles. The van der Waals surface area contributed by atoms with Crippen molar-refractivity contribution in [3.63, 3.8) is 0 Å². The minimum atomic E-state index is -4.47. The summed E-state index contributed by atoms with van der Waals surface area (Å²) in [6.07, 6.45) is -2.25. The zero-order valence-electron chi connectivity index (χ0n) is 15.5. The molecule has 30 heavy (non-hydrogen) atoms. The van der Waals surface area contributed by atoms with Gasteiger partial charge in [-0.2, -0.15) is 18.3 Å². The van der Waals surface area contributed by atoms with E-state index in [1.165, 1.54) is 35.1 Å². The number of halogens is 3. The lowest BCUT2D eigenvalue weighted by Gasteiger charge is -2.08. The number of primary sulfonamides is 1. The fourth-order valence-corrected chi connectivity index (χ4v) is 2.90. The van der Waals surface area contributed by atoms with Gasteiger partial charge in [-0.3, -0.25) is 4.68 Å². The molecular formula is C19H15F3N4O3S. The van der Waals surface area contributed by atoms with Gasteiger partial charge in [0.1, 0.15) is 6.61 Å². The molecule has 7 nitrogen and oxygen atoms in total. The summed E-state index contributed by atoms with van der Waals surface area (Å²) in [4.78, 5) is 3.64. The summed E-state index contributed by atoms with van der Waals surface area (Å²) in [7, 11) is -2.11. The van der Waals surface area contributed by atoms with Crippen molar-refractivity contribution in [3.8, 4) is 17.7 Å². The van der Waals surface area contributed by atoms with Crippen LogP contribution in [0.25, 0.3) is 0 Å². The lowest BCUT2D eigenvalue weighted by Crippen LogP contribution is -2.11. The number of aromatic nitrogens is 3. The Balaban J connectivity index is 1.74. The molecule has 0 spiro atoms. The first kappa shape index (κ1) is 21.4. The van der Waals surface area contributed by atoms with Crippen molar-refractivity contribution in [1.29, 1.82) is 0 Å². The third kappa shape index (κ3) is 5.16. The largest absolute Gasteiger partial charge is 0.471 e. The van der Waals surface area contributed by atoms with Crippen LogP contribution in [0.5, 0.6) is 5.88 Å². The van der Waals surface area contributed by atoms with Gasteiger partial charge in [0.25, 0.3) is 0 Å². The van der Waals surface area contributed by atoms with Crippen LogP contribution in [0.4, 0.5) is 13.2 Å². The van der Waals surface area contributed by atoms with Gasteiger partial charge in [0, 0.05) is 24.9 Å². The topological polar surface area (TPSA) is 100 Å². The van der Waals surface area contributed by atoms with Gasteiger partial charge in [-0.05, 0) is 30.3 Å². The zero-order chi connectivity index (χ0) is 21.9. The standard InChI is InChI=1S/C19H15F3N4O3S/c1-26-17(12-29-18-9-6-15(11-24-18)19(20,21)22)14(10-25-26)5-2-13-3-7-16(8-4-13)30(23,27)28/h3-4,6-11H,12H2,1H3,(H2,23,27,28). The molecule has 1 aromatic carbocycles. The Bertz CT molecular complexity index is 1210. The molecule has 0 bridgehead atoms. The Morgan fingerprint density at radius 1 is 1.10 bits per heavy atom. The summed E-state index contributed by atoms with van der Waals surface area (Å²) in [6, 6.07) is 7.76. The van der Waals surface area contributed by atoms with Crippen molar-refractivity contribution in [2.45, 2.75) is 17.7 Å². The van der Waals surface area contributed by atoms with Crippen LogP contribution in [0, 0.1) is 11.8 Å². The maximum Gasteiger partial charge on any atom is 0.417 e. The van der Waals surface area contributed by atoms with E-state index in [2.05, 4.69) is 21.9 Å². The van der Waals surface area contributed by atoms with Crippen LogP contribution in [0.2, 0.25) is 0 Å². The molecular weight excluding hydrogens is 421 g/mol. The van der Waals surface area contributed by atoms with Crippen LogP contribution in [-0.2, 0) is 29.9 Å². The number of nitrogens with zero attached hydrogens (tertiary/aromatic N) is 3. The van der Waals surface area contributed by atoms with Crippen LogP contribution in [-0.4, -0.2) is 23.2 Å². The van der Waals surface area contributed by atoms with Gasteiger partial charge in [0.15, 0.2) is 0 Å². The molecule has 0 atom stereocenters. The van der Waals surface area contributed by atoms with E-state index in [1.54, 1.807) is 7.05 Å². The summed E-state index contributed by atoms with van der Waals surface area (Å²) in [5.74, 6) is 5.82. The molecule has 3 rings (SSSR count). The van der Waals surface area contributed by atoms with E-state index < -0.39 is 21.8 Å². The summed E-state index contributed by atoms with van der Waals surface area (Å²) >= 11 is 0. The molecule has 3 aromatic rings. The number of sulfonamides is 1. The average Bonchev–Trinajstić information content (AvgIpc) is 3.03. The first-order valence-corrected chi connectivity index (χ1v) is 9.90. The number of nitrogens with two attached hydrogens (primary N) is 1. The first-order chi connectivity index (χ1) is 14.0. The smallest absolute Gasteiger partial charge is 0.417 e. The highest BCUT2D eigenvalue weighted by molar-refractivity contribution is 7.89. The second-order valence-corrected chi connectivity index (χ2v) is 7.68. The first-order valence-electron chi connectivity index (χ1n) is 8.36. The monoisotopic (exact) mass is 436 g/mol. The van der Waals surface area contributed by atoms with E-state index in [9.17, 15) is 21.6 Å². The van der Waals surface area contributed by atoms with E-state index in [1.807, 2.05) is 0 Å². The number of rotatable bonds is 4. The Morgan fingerprint density at radius 3 is 2.37 bits per heavy atom. The molecule has 0 aliphatic carbocycles. The van der Waals surface area contributed by atoms with Gasteiger partial charge in [-0.15, -0.1) is 0 Å². The fraction of sp³-hybridized carbons (Fsp3) is 0.158. The van der Waals surface area contributed by atoms with E-state index in [0.717, 1.165) is 12.1 Å². The van der Waals surface area contributed by atoms with Gasteiger partial charge < -0.3 is 4.74 Å². The Hall–Kier alpha value is -3.36. The Labute approximate surface area is 170 Å². The van der Waals surface area contributed by atoms with Crippen LogP contribution >= 0.6 is 0 Å². The summed E-state index contributed by atoms with van der Waals surface area (Å²) < 4.78 is 67.3. The molecule has 0 unspecified atom stereocenters. The molecule has 0 radical (unpaired) electrons. The third-order valence-corrected chi connectivity index (χ3v) is 4.94. The van der Waals surface area contributed by atoms with Gasteiger partial charge in [0.2, 0.25) is 15.9 Å². The predicted molar refractivity (Wildman–Crippen MR) is 101 cm³/mol. The molecule has 0 fully saturated rings. The van der Waals surface area contributed by atoms with Gasteiger partial charge >= 0.3 is 6.18 Å².